The zero-order valence-electron chi connectivity index (χ0n) is 12.8. The molecule has 2 aromatic carbocycles. The summed E-state index contributed by atoms with van der Waals surface area (Å²) in [5.41, 5.74) is 2.97. The van der Waals surface area contributed by atoms with Crippen LogP contribution in [0.15, 0.2) is 54.6 Å². The molecule has 3 heteroatoms. The summed E-state index contributed by atoms with van der Waals surface area (Å²) in [5, 5.41) is 12.4. The number of carbonyl (C=O) groups is 1. The minimum absolute atomic E-state index is 0.0408. The largest absolute Gasteiger partial charge is 0.395 e. The lowest BCUT2D eigenvalue weighted by atomic mass is 9.87. The molecule has 3 rings (SSSR count). The van der Waals surface area contributed by atoms with E-state index >= 15 is 0 Å². The van der Waals surface area contributed by atoms with Gasteiger partial charge < -0.3 is 10.4 Å². The second kappa shape index (κ2) is 5.93. The monoisotopic (exact) mass is 295 g/mol. The van der Waals surface area contributed by atoms with Crippen LogP contribution in [-0.2, 0) is 11.2 Å². The maximum absolute atomic E-state index is 11.9. The minimum atomic E-state index is -0.630. The van der Waals surface area contributed by atoms with Gasteiger partial charge in [0.15, 0.2) is 0 Å². The first-order chi connectivity index (χ1) is 10.6. The fraction of sp³-hybridized carbons (Fsp3) is 0.316. The summed E-state index contributed by atoms with van der Waals surface area (Å²) in [5.74, 6) is -0.0408. The molecule has 0 saturated carbocycles. The van der Waals surface area contributed by atoms with Crippen molar-refractivity contribution >= 4 is 5.91 Å². The number of hydrogen-bond donors (Lipinski definition) is 2. The highest BCUT2D eigenvalue weighted by Gasteiger charge is 2.42. The van der Waals surface area contributed by atoms with E-state index in [0.717, 1.165) is 6.42 Å². The zero-order chi connectivity index (χ0) is 15.6. The van der Waals surface area contributed by atoms with Crippen molar-refractivity contribution in [2.75, 3.05) is 6.61 Å². The molecule has 0 spiro atoms. The normalized spacial score (nSPS) is 24.3. The predicted octanol–water partition coefficient (Wildman–Crippen LogP) is 2.78. The van der Waals surface area contributed by atoms with E-state index in [1.807, 2.05) is 25.1 Å². The molecule has 0 aliphatic carbocycles. The average molecular weight is 295 g/mol. The smallest absolute Gasteiger partial charge is 0.228 e. The van der Waals surface area contributed by atoms with Crippen molar-refractivity contribution in [1.82, 2.24) is 5.32 Å². The molecule has 3 nitrogen and oxygen atoms in total. The molecule has 0 aromatic heterocycles. The molecule has 1 aliphatic heterocycles. The molecule has 1 heterocycles. The van der Waals surface area contributed by atoms with Crippen LogP contribution in [0.3, 0.4) is 0 Å². The van der Waals surface area contributed by atoms with Crippen LogP contribution in [0.5, 0.6) is 0 Å². The Morgan fingerprint density at radius 1 is 1.09 bits per heavy atom. The molecular formula is C19H21NO2. The number of benzene rings is 2. The number of rotatable bonds is 4. The topological polar surface area (TPSA) is 49.3 Å². The molecule has 0 radical (unpaired) electrons. The highest BCUT2D eigenvalue weighted by Crippen LogP contribution is 2.30. The van der Waals surface area contributed by atoms with Gasteiger partial charge in [-0.15, -0.1) is 0 Å². The van der Waals surface area contributed by atoms with Crippen LogP contribution in [0.25, 0.3) is 11.1 Å². The van der Waals surface area contributed by atoms with Crippen LogP contribution < -0.4 is 5.32 Å². The van der Waals surface area contributed by atoms with Crippen molar-refractivity contribution in [3.8, 4) is 11.1 Å². The molecule has 1 aliphatic rings. The summed E-state index contributed by atoms with van der Waals surface area (Å²) in [6.07, 6.45) is 1.49. The molecular weight excluding hydrogens is 274 g/mol. The van der Waals surface area contributed by atoms with Crippen molar-refractivity contribution in [2.24, 2.45) is 5.41 Å². The summed E-state index contributed by atoms with van der Waals surface area (Å²) in [7, 11) is 0. The van der Waals surface area contributed by atoms with E-state index in [9.17, 15) is 9.90 Å². The number of aliphatic hydroxyl groups excluding tert-OH is 1. The fourth-order valence-electron chi connectivity index (χ4n) is 3.06. The Bertz CT molecular complexity index is 651. The van der Waals surface area contributed by atoms with Crippen molar-refractivity contribution in [3.63, 3.8) is 0 Å². The minimum Gasteiger partial charge on any atom is -0.395 e. The maximum atomic E-state index is 11.9. The van der Waals surface area contributed by atoms with E-state index in [1.54, 1.807) is 0 Å². The first kappa shape index (κ1) is 14.8. The molecule has 1 unspecified atom stereocenters. The van der Waals surface area contributed by atoms with E-state index in [4.69, 9.17) is 0 Å². The van der Waals surface area contributed by atoms with Gasteiger partial charge in [-0.1, -0.05) is 54.6 Å². The first-order valence-corrected chi connectivity index (χ1v) is 7.67. The number of amides is 1. The summed E-state index contributed by atoms with van der Waals surface area (Å²) in [6, 6.07) is 18.8. The van der Waals surface area contributed by atoms with Gasteiger partial charge in [-0.3, -0.25) is 4.79 Å². The summed E-state index contributed by atoms with van der Waals surface area (Å²) < 4.78 is 0. The van der Waals surface area contributed by atoms with E-state index in [1.165, 1.54) is 16.7 Å². The van der Waals surface area contributed by atoms with Gasteiger partial charge in [-0.2, -0.15) is 0 Å². The number of nitrogens with one attached hydrogen (secondary N) is 1. The Balaban J connectivity index is 1.69. The highest BCUT2D eigenvalue weighted by molar-refractivity contribution is 5.85. The van der Waals surface area contributed by atoms with Gasteiger partial charge in [-0.25, -0.2) is 0 Å². The SMILES string of the molecule is CC1(CO)C[C@@H](Cc2ccc(-c3ccccc3)cc2)NC1=O. The van der Waals surface area contributed by atoms with Crippen LogP contribution in [0.1, 0.15) is 18.9 Å². The Morgan fingerprint density at radius 2 is 1.73 bits per heavy atom. The second-order valence-electron chi connectivity index (χ2n) is 6.36. The first-order valence-electron chi connectivity index (χ1n) is 7.67. The van der Waals surface area contributed by atoms with E-state index in [-0.39, 0.29) is 18.6 Å². The van der Waals surface area contributed by atoms with Gasteiger partial charge >= 0.3 is 0 Å². The lowest BCUT2D eigenvalue weighted by Crippen LogP contribution is -2.32. The van der Waals surface area contributed by atoms with Gasteiger partial charge in [-0.05, 0) is 36.5 Å². The van der Waals surface area contributed by atoms with E-state index in [2.05, 4.69) is 41.7 Å². The summed E-state index contributed by atoms with van der Waals surface area (Å²) >= 11 is 0. The standard InChI is InChI=1S/C19H21NO2/c1-19(13-21)12-17(20-18(19)22)11-14-7-9-16(10-8-14)15-5-3-2-4-6-15/h2-10,17,21H,11-13H2,1H3,(H,20,22)/t17-,19?/m1/s1. The van der Waals surface area contributed by atoms with Crippen molar-refractivity contribution in [2.45, 2.75) is 25.8 Å². The molecule has 2 atom stereocenters. The molecule has 114 valence electrons. The molecule has 1 fully saturated rings. The van der Waals surface area contributed by atoms with Crippen LogP contribution in [-0.4, -0.2) is 23.7 Å². The third-order valence-electron chi connectivity index (χ3n) is 4.47. The van der Waals surface area contributed by atoms with Crippen molar-refractivity contribution in [1.29, 1.82) is 0 Å². The third-order valence-corrected chi connectivity index (χ3v) is 4.47. The Morgan fingerprint density at radius 3 is 2.32 bits per heavy atom. The zero-order valence-corrected chi connectivity index (χ0v) is 12.8. The van der Waals surface area contributed by atoms with Crippen LogP contribution >= 0.6 is 0 Å². The molecule has 1 saturated heterocycles. The maximum Gasteiger partial charge on any atom is 0.228 e. The van der Waals surface area contributed by atoms with E-state index in [0.29, 0.717) is 6.42 Å². The van der Waals surface area contributed by atoms with Crippen LogP contribution in [0.4, 0.5) is 0 Å². The van der Waals surface area contributed by atoms with Crippen molar-refractivity contribution < 1.29 is 9.90 Å². The van der Waals surface area contributed by atoms with Gasteiger partial charge in [0.25, 0.3) is 0 Å². The Labute approximate surface area is 131 Å². The van der Waals surface area contributed by atoms with Gasteiger partial charge in [0.1, 0.15) is 0 Å². The fourth-order valence-corrected chi connectivity index (χ4v) is 3.06. The molecule has 2 aromatic rings. The third kappa shape index (κ3) is 2.90. The Hall–Kier alpha value is -2.13. The highest BCUT2D eigenvalue weighted by atomic mass is 16.3. The second-order valence-corrected chi connectivity index (χ2v) is 6.36. The quantitative estimate of drug-likeness (QED) is 0.911. The van der Waals surface area contributed by atoms with Crippen molar-refractivity contribution in [3.05, 3.63) is 60.2 Å². The molecule has 1 amide bonds. The predicted molar refractivity (Wildman–Crippen MR) is 87.3 cm³/mol. The lowest BCUT2D eigenvalue weighted by Gasteiger charge is -2.16. The number of hydrogen-bond acceptors (Lipinski definition) is 2. The lowest BCUT2D eigenvalue weighted by molar-refractivity contribution is -0.128. The van der Waals surface area contributed by atoms with Crippen LogP contribution in [0.2, 0.25) is 0 Å². The van der Waals surface area contributed by atoms with Crippen LogP contribution in [0, 0.1) is 5.41 Å². The Kier molecular flexibility index (Phi) is 3.99. The van der Waals surface area contributed by atoms with E-state index < -0.39 is 5.41 Å². The summed E-state index contributed by atoms with van der Waals surface area (Å²) in [4.78, 5) is 11.9. The van der Waals surface area contributed by atoms with Gasteiger partial charge in [0, 0.05) is 6.04 Å². The average Bonchev–Trinajstić information content (AvgIpc) is 2.84. The molecule has 0 bridgehead atoms. The molecule has 2 N–H and O–H groups in total. The van der Waals surface area contributed by atoms with Gasteiger partial charge in [0.2, 0.25) is 5.91 Å². The van der Waals surface area contributed by atoms with Gasteiger partial charge in [0.05, 0.1) is 12.0 Å². The number of aliphatic hydroxyl groups is 1. The summed E-state index contributed by atoms with van der Waals surface area (Å²) in [6.45, 7) is 1.73. The molecule has 22 heavy (non-hydrogen) atoms. The number of carbonyl (C=O) groups excluding carboxylic acids is 1.